The number of hydrogen-bond acceptors (Lipinski definition) is 5. The van der Waals surface area contributed by atoms with Gasteiger partial charge in [-0.25, -0.2) is 15.8 Å². The van der Waals surface area contributed by atoms with E-state index < -0.39 is 0 Å². The first-order valence-electron chi connectivity index (χ1n) is 6.97. The van der Waals surface area contributed by atoms with Gasteiger partial charge in [-0.1, -0.05) is 29.8 Å². The maximum absolute atomic E-state index is 6.21. The van der Waals surface area contributed by atoms with Crippen LogP contribution < -0.4 is 16.2 Å². The fraction of sp³-hybridized carbons (Fsp3) is 0.333. The molecule has 0 aliphatic heterocycles. The first-order chi connectivity index (χ1) is 10.2. The van der Waals surface area contributed by atoms with Gasteiger partial charge < -0.3 is 10.3 Å². The van der Waals surface area contributed by atoms with E-state index in [9.17, 15) is 0 Å². The predicted octanol–water partition coefficient (Wildman–Crippen LogP) is 2.93. The van der Waals surface area contributed by atoms with Crippen LogP contribution >= 0.6 is 11.6 Å². The zero-order valence-corrected chi connectivity index (χ0v) is 12.6. The third-order valence-corrected chi connectivity index (χ3v) is 3.95. The van der Waals surface area contributed by atoms with Gasteiger partial charge in [0.15, 0.2) is 0 Å². The maximum Gasteiger partial charge on any atom is 0.145 e. The van der Waals surface area contributed by atoms with Crippen LogP contribution in [-0.4, -0.2) is 17.0 Å². The molecular weight excluding hydrogens is 286 g/mol. The van der Waals surface area contributed by atoms with Crippen molar-refractivity contribution in [3.05, 3.63) is 46.7 Å². The van der Waals surface area contributed by atoms with Gasteiger partial charge in [-0.2, -0.15) is 0 Å². The van der Waals surface area contributed by atoms with E-state index in [0.29, 0.717) is 18.3 Å². The van der Waals surface area contributed by atoms with Crippen LogP contribution in [0.1, 0.15) is 30.1 Å². The van der Waals surface area contributed by atoms with Crippen LogP contribution in [-0.2, 0) is 6.54 Å². The standard InChI is InChI=1S/C15H18ClN5/c1-21(9-11-4-2-3-5-12(11)16)14-8-13(20-17)18-15(19-14)10-6-7-10/h2-5,8,10H,6-7,9,17H2,1H3,(H,18,19,20). The number of benzene rings is 1. The summed E-state index contributed by atoms with van der Waals surface area (Å²) in [6.45, 7) is 0.685. The van der Waals surface area contributed by atoms with Crippen LogP contribution in [0.15, 0.2) is 30.3 Å². The van der Waals surface area contributed by atoms with Crippen molar-refractivity contribution in [2.75, 3.05) is 17.4 Å². The third-order valence-electron chi connectivity index (χ3n) is 3.58. The van der Waals surface area contributed by atoms with Crippen LogP contribution in [0.3, 0.4) is 0 Å². The van der Waals surface area contributed by atoms with E-state index in [0.717, 1.165) is 35.1 Å². The summed E-state index contributed by atoms with van der Waals surface area (Å²) < 4.78 is 0. The Kier molecular flexibility index (Phi) is 3.94. The molecule has 1 aliphatic carbocycles. The molecule has 0 saturated heterocycles. The molecule has 1 heterocycles. The molecule has 0 bridgehead atoms. The SMILES string of the molecule is CN(Cc1ccccc1Cl)c1cc(NN)nc(C2CC2)n1. The molecule has 3 N–H and O–H groups in total. The summed E-state index contributed by atoms with van der Waals surface area (Å²) in [5.74, 6) is 8.34. The zero-order valence-electron chi connectivity index (χ0n) is 11.9. The van der Waals surface area contributed by atoms with Gasteiger partial charge in [-0.05, 0) is 24.5 Å². The van der Waals surface area contributed by atoms with Gasteiger partial charge in [-0.3, -0.25) is 0 Å². The molecule has 0 unspecified atom stereocenters. The highest BCUT2D eigenvalue weighted by molar-refractivity contribution is 6.31. The molecule has 2 aromatic rings. The van der Waals surface area contributed by atoms with Gasteiger partial charge in [0.1, 0.15) is 17.5 Å². The monoisotopic (exact) mass is 303 g/mol. The van der Waals surface area contributed by atoms with E-state index in [2.05, 4.69) is 20.3 Å². The molecule has 1 aromatic carbocycles. The van der Waals surface area contributed by atoms with E-state index in [4.69, 9.17) is 17.4 Å². The topological polar surface area (TPSA) is 67.1 Å². The van der Waals surface area contributed by atoms with Crippen LogP contribution in [0.5, 0.6) is 0 Å². The number of halogens is 1. The maximum atomic E-state index is 6.21. The van der Waals surface area contributed by atoms with Crippen molar-refractivity contribution in [3.8, 4) is 0 Å². The third kappa shape index (κ3) is 3.25. The minimum absolute atomic E-state index is 0.478. The number of hydrogen-bond donors (Lipinski definition) is 2. The first-order valence-corrected chi connectivity index (χ1v) is 7.35. The van der Waals surface area contributed by atoms with Crippen LogP contribution in [0.25, 0.3) is 0 Å². The van der Waals surface area contributed by atoms with Gasteiger partial charge >= 0.3 is 0 Å². The lowest BCUT2D eigenvalue weighted by atomic mass is 10.2. The number of hydrazine groups is 1. The van der Waals surface area contributed by atoms with Gasteiger partial charge in [-0.15, -0.1) is 0 Å². The molecule has 21 heavy (non-hydrogen) atoms. The summed E-state index contributed by atoms with van der Waals surface area (Å²) in [7, 11) is 1.99. The summed E-state index contributed by atoms with van der Waals surface area (Å²) >= 11 is 6.21. The van der Waals surface area contributed by atoms with Gasteiger partial charge in [0.05, 0.1) is 0 Å². The van der Waals surface area contributed by atoms with Crippen molar-refractivity contribution in [2.45, 2.75) is 25.3 Å². The molecule has 6 heteroatoms. The number of nitrogens with two attached hydrogens (primary N) is 1. The lowest BCUT2D eigenvalue weighted by molar-refractivity contribution is 0.854. The summed E-state index contributed by atoms with van der Waals surface area (Å²) in [4.78, 5) is 11.1. The van der Waals surface area contributed by atoms with E-state index in [1.165, 1.54) is 0 Å². The molecule has 0 amide bonds. The Morgan fingerprint density at radius 2 is 2.10 bits per heavy atom. The largest absolute Gasteiger partial charge is 0.355 e. The molecule has 5 nitrogen and oxygen atoms in total. The first kappa shape index (κ1) is 14.1. The highest BCUT2D eigenvalue weighted by Gasteiger charge is 2.27. The van der Waals surface area contributed by atoms with E-state index in [1.54, 1.807) is 0 Å². The normalized spacial score (nSPS) is 14.0. The Hall–Kier alpha value is -1.85. The number of nitrogens with one attached hydrogen (secondary N) is 1. The summed E-state index contributed by atoms with van der Waals surface area (Å²) in [6, 6.07) is 9.68. The van der Waals surface area contributed by atoms with E-state index >= 15 is 0 Å². The quantitative estimate of drug-likeness (QED) is 0.656. The number of nitrogens with zero attached hydrogens (tertiary/aromatic N) is 3. The van der Waals surface area contributed by atoms with Crippen molar-refractivity contribution in [3.63, 3.8) is 0 Å². The minimum atomic E-state index is 0.478. The fourth-order valence-corrected chi connectivity index (χ4v) is 2.40. The van der Waals surface area contributed by atoms with Gasteiger partial charge in [0.2, 0.25) is 0 Å². The van der Waals surface area contributed by atoms with Crippen LogP contribution in [0.4, 0.5) is 11.6 Å². The zero-order chi connectivity index (χ0) is 14.8. The Bertz CT molecular complexity index is 642. The molecule has 3 rings (SSSR count). The summed E-state index contributed by atoms with van der Waals surface area (Å²) in [6.07, 6.45) is 2.31. The van der Waals surface area contributed by atoms with Crippen LogP contribution in [0, 0.1) is 0 Å². The van der Waals surface area contributed by atoms with Gasteiger partial charge in [0, 0.05) is 30.6 Å². The second-order valence-electron chi connectivity index (χ2n) is 5.34. The Labute approximate surface area is 129 Å². The second-order valence-corrected chi connectivity index (χ2v) is 5.74. The fourth-order valence-electron chi connectivity index (χ4n) is 2.21. The Morgan fingerprint density at radius 1 is 1.33 bits per heavy atom. The second kappa shape index (κ2) is 5.87. The van der Waals surface area contributed by atoms with Crippen molar-refractivity contribution in [2.24, 2.45) is 5.84 Å². The number of nitrogen functional groups attached to an aromatic ring is 1. The van der Waals surface area contributed by atoms with Crippen molar-refractivity contribution < 1.29 is 0 Å². The van der Waals surface area contributed by atoms with Crippen molar-refractivity contribution >= 4 is 23.2 Å². The highest BCUT2D eigenvalue weighted by atomic mass is 35.5. The minimum Gasteiger partial charge on any atom is -0.355 e. The lowest BCUT2D eigenvalue weighted by Crippen LogP contribution is -2.20. The van der Waals surface area contributed by atoms with Gasteiger partial charge in [0.25, 0.3) is 0 Å². The number of aromatic nitrogens is 2. The Balaban J connectivity index is 1.85. The summed E-state index contributed by atoms with van der Waals surface area (Å²) in [5, 5.41) is 0.762. The van der Waals surface area contributed by atoms with Crippen molar-refractivity contribution in [1.29, 1.82) is 0 Å². The number of rotatable bonds is 5. The van der Waals surface area contributed by atoms with E-state index in [1.807, 2.05) is 37.4 Å². The molecule has 1 aromatic heterocycles. The molecule has 1 saturated carbocycles. The predicted molar refractivity (Wildman–Crippen MR) is 85.4 cm³/mol. The molecule has 1 fully saturated rings. The molecule has 110 valence electrons. The smallest absolute Gasteiger partial charge is 0.145 e. The molecule has 0 radical (unpaired) electrons. The van der Waals surface area contributed by atoms with E-state index in [-0.39, 0.29) is 0 Å². The summed E-state index contributed by atoms with van der Waals surface area (Å²) in [5.41, 5.74) is 3.68. The average Bonchev–Trinajstić information content (AvgIpc) is 3.34. The number of anilines is 2. The van der Waals surface area contributed by atoms with Crippen molar-refractivity contribution in [1.82, 2.24) is 9.97 Å². The lowest BCUT2D eigenvalue weighted by Gasteiger charge is -2.20. The molecule has 0 atom stereocenters. The molecule has 1 aliphatic rings. The molecule has 0 spiro atoms. The van der Waals surface area contributed by atoms with Crippen LogP contribution in [0.2, 0.25) is 5.02 Å². The highest BCUT2D eigenvalue weighted by Crippen LogP contribution is 2.39. The molecular formula is C15H18ClN5. The Morgan fingerprint density at radius 3 is 2.76 bits per heavy atom. The average molecular weight is 304 g/mol.